The Balaban J connectivity index is 1.53. The maximum Gasteiger partial charge on any atom is 0.236 e. The number of carbonyl (C=O) groups excluding carboxylic acids is 1. The van der Waals surface area contributed by atoms with E-state index in [1.807, 2.05) is 42.5 Å². The van der Waals surface area contributed by atoms with Gasteiger partial charge in [0, 0.05) is 6.20 Å². The van der Waals surface area contributed by atoms with Crippen LogP contribution in [0.1, 0.15) is 11.3 Å². The lowest BCUT2D eigenvalue weighted by atomic mass is 10.2. The molecule has 1 saturated heterocycles. The first-order valence-electron chi connectivity index (χ1n) is 6.96. The van der Waals surface area contributed by atoms with Gasteiger partial charge in [0.2, 0.25) is 5.91 Å². The first-order chi connectivity index (χ1) is 11.3. The van der Waals surface area contributed by atoms with Crippen LogP contribution in [0.15, 0.2) is 58.9 Å². The monoisotopic (exact) mass is 326 g/mol. The van der Waals surface area contributed by atoms with Crippen molar-refractivity contribution in [1.82, 2.24) is 10.3 Å². The fourth-order valence-corrected chi connectivity index (χ4v) is 2.45. The summed E-state index contributed by atoms with van der Waals surface area (Å²) in [5, 5.41) is 11.0. The number of pyridine rings is 1. The second-order valence-corrected chi connectivity index (χ2v) is 5.63. The van der Waals surface area contributed by atoms with Gasteiger partial charge in [0.1, 0.15) is 12.4 Å². The van der Waals surface area contributed by atoms with Gasteiger partial charge in [-0.1, -0.05) is 17.8 Å². The zero-order valence-electron chi connectivity index (χ0n) is 12.2. The minimum atomic E-state index is -0.0432. The summed E-state index contributed by atoms with van der Waals surface area (Å²) in [7, 11) is 0. The number of hydrogen-bond donors (Lipinski definition) is 1. The third kappa shape index (κ3) is 4.65. The van der Waals surface area contributed by atoms with Crippen molar-refractivity contribution in [2.24, 2.45) is 10.2 Å². The second kappa shape index (κ2) is 7.55. The van der Waals surface area contributed by atoms with Gasteiger partial charge in [0.05, 0.1) is 17.7 Å². The number of amides is 1. The van der Waals surface area contributed by atoms with Crippen LogP contribution in [0.3, 0.4) is 0 Å². The Labute approximate surface area is 137 Å². The van der Waals surface area contributed by atoms with Crippen molar-refractivity contribution < 1.29 is 9.53 Å². The molecule has 23 heavy (non-hydrogen) atoms. The van der Waals surface area contributed by atoms with Crippen LogP contribution in [0.2, 0.25) is 0 Å². The van der Waals surface area contributed by atoms with Gasteiger partial charge >= 0.3 is 0 Å². The topological polar surface area (TPSA) is 75.9 Å². The molecule has 2 aromatic rings. The van der Waals surface area contributed by atoms with Gasteiger partial charge < -0.3 is 10.1 Å². The molecule has 1 amide bonds. The van der Waals surface area contributed by atoms with Crippen LogP contribution >= 0.6 is 11.8 Å². The fraction of sp³-hybridized carbons (Fsp3) is 0.125. The van der Waals surface area contributed by atoms with E-state index in [0.717, 1.165) is 17.0 Å². The number of benzene rings is 1. The predicted octanol–water partition coefficient (Wildman–Crippen LogP) is 2.21. The van der Waals surface area contributed by atoms with Crippen LogP contribution in [0.25, 0.3) is 0 Å². The Kier molecular flexibility index (Phi) is 5.00. The van der Waals surface area contributed by atoms with Crippen molar-refractivity contribution in [3.8, 4) is 5.75 Å². The highest BCUT2D eigenvalue weighted by Gasteiger charge is 2.15. The number of amidine groups is 1. The first kappa shape index (κ1) is 15.2. The molecule has 1 aromatic heterocycles. The lowest BCUT2D eigenvalue weighted by Gasteiger charge is -2.05. The van der Waals surface area contributed by atoms with Crippen LogP contribution in [-0.2, 0) is 11.4 Å². The van der Waals surface area contributed by atoms with Crippen molar-refractivity contribution >= 4 is 29.1 Å². The Morgan fingerprint density at radius 3 is 2.83 bits per heavy atom. The maximum atomic E-state index is 11.0. The molecule has 0 atom stereocenters. The summed E-state index contributed by atoms with van der Waals surface area (Å²) in [5.74, 6) is 1.12. The number of carbonyl (C=O) groups is 1. The Hall–Kier alpha value is -2.67. The molecule has 1 aliphatic heterocycles. The smallest absolute Gasteiger partial charge is 0.236 e. The van der Waals surface area contributed by atoms with Crippen molar-refractivity contribution in [3.05, 3.63) is 59.9 Å². The van der Waals surface area contributed by atoms with Crippen molar-refractivity contribution in [1.29, 1.82) is 0 Å². The lowest BCUT2D eigenvalue weighted by molar-refractivity contribution is -0.116. The zero-order valence-corrected chi connectivity index (χ0v) is 13.0. The molecule has 0 saturated carbocycles. The van der Waals surface area contributed by atoms with Gasteiger partial charge in [0.15, 0.2) is 5.17 Å². The maximum absolute atomic E-state index is 11.0. The molecule has 1 aliphatic rings. The van der Waals surface area contributed by atoms with E-state index in [0.29, 0.717) is 17.5 Å². The molecule has 0 unspecified atom stereocenters. The van der Waals surface area contributed by atoms with E-state index < -0.39 is 0 Å². The molecular weight excluding hydrogens is 312 g/mol. The van der Waals surface area contributed by atoms with Crippen LogP contribution < -0.4 is 10.1 Å². The molecule has 0 aliphatic carbocycles. The molecule has 7 heteroatoms. The minimum absolute atomic E-state index is 0.0432. The van der Waals surface area contributed by atoms with Gasteiger partial charge in [-0.15, -0.1) is 5.10 Å². The Bertz CT molecular complexity index is 730. The summed E-state index contributed by atoms with van der Waals surface area (Å²) in [6, 6.07) is 13.2. The van der Waals surface area contributed by atoms with Gasteiger partial charge in [-0.3, -0.25) is 9.78 Å². The van der Waals surface area contributed by atoms with E-state index >= 15 is 0 Å². The van der Waals surface area contributed by atoms with Gasteiger partial charge in [-0.05, 0) is 42.0 Å². The summed E-state index contributed by atoms with van der Waals surface area (Å²) in [6.45, 7) is 0.429. The normalized spacial score (nSPS) is 16.0. The second-order valence-electron chi connectivity index (χ2n) is 4.67. The molecule has 1 aromatic carbocycles. The van der Waals surface area contributed by atoms with Crippen LogP contribution in [0.5, 0.6) is 5.75 Å². The molecular formula is C16H14N4O2S. The average molecular weight is 326 g/mol. The van der Waals surface area contributed by atoms with E-state index in [1.165, 1.54) is 11.8 Å². The van der Waals surface area contributed by atoms with Gasteiger partial charge in [-0.25, -0.2) is 0 Å². The quantitative estimate of drug-likeness (QED) is 0.675. The minimum Gasteiger partial charge on any atom is -0.487 e. The van der Waals surface area contributed by atoms with E-state index in [4.69, 9.17) is 4.74 Å². The molecule has 2 heterocycles. The summed E-state index contributed by atoms with van der Waals surface area (Å²) >= 11 is 1.34. The first-order valence-corrected chi connectivity index (χ1v) is 7.94. The van der Waals surface area contributed by atoms with E-state index in [-0.39, 0.29) is 5.91 Å². The predicted molar refractivity (Wildman–Crippen MR) is 90.6 cm³/mol. The fourth-order valence-electron chi connectivity index (χ4n) is 1.82. The van der Waals surface area contributed by atoms with E-state index in [2.05, 4.69) is 20.5 Å². The average Bonchev–Trinajstić information content (AvgIpc) is 3.00. The molecule has 6 nitrogen and oxygen atoms in total. The van der Waals surface area contributed by atoms with Crippen LogP contribution in [0, 0.1) is 0 Å². The number of hydrogen-bond acceptors (Lipinski definition) is 6. The molecule has 116 valence electrons. The number of nitrogens with zero attached hydrogens (tertiary/aromatic N) is 3. The summed E-state index contributed by atoms with van der Waals surface area (Å²) in [5.41, 5.74) is 1.78. The van der Waals surface area contributed by atoms with Gasteiger partial charge in [-0.2, -0.15) is 5.10 Å². The number of ether oxygens (including phenoxy) is 1. The van der Waals surface area contributed by atoms with Crippen molar-refractivity contribution in [3.63, 3.8) is 0 Å². The largest absolute Gasteiger partial charge is 0.487 e. The third-order valence-electron chi connectivity index (χ3n) is 2.93. The molecule has 0 spiro atoms. The summed E-state index contributed by atoms with van der Waals surface area (Å²) in [6.07, 6.45) is 3.37. The number of rotatable bonds is 5. The summed E-state index contributed by atoms with van der Waals surface area (Å²) in [4.78, 5) is 15.2. The molecule has 1 fully saturated rings. The number of aromatic nitrogens is 1. The Morgan fingerprint density at radius 2 is 2.13 bits per heavy atom. The highest BCUT2D eigenvalue weighted by molar-refractivity contribution is 8.15. The molecule has 3 rings (SSSR count). The third-order valence-corrected chi connectivity index (χ3v) is 3.80. The standard InChI is InChI=1S/C16H14N4O2S/c21-15-11-23-16(19-15)20-18-9-12-4-6-14(7-5-12)22-10-13-3-1-2-8-17-13/h1-9H,10-11H2,(H,19,20,21). The SMILES string of the molecule is O=C1CSC(=NN=Cc2ccc(OCc3ccccn3)cc2)N1. The highest BCUT2D eigenvalue weighted by Crippen LogP contribution is 2.13. The van der Waals surface area contributed by atoms with Crippen LogP contribution in [0.4, 0.5) is 0 Å². The van der Waals surface area contributed by atoms with Crippen molar-refractivity contribution in [2.45, 2.75) is 6.61 Å². The Morgan fingerprint density at radius 1 is 1.26 bits per heavy atom. The number of thioether (sulfide) groups is 1. The molecule has 1 N–H and O–H groups in total. The van der Waals surface area contributed by atoms with E-state index in [9.17, 15) is 4.79 Å². The molecule has 0 radical (unpaired) electrons. The van der Waals surface area contributed by atoms with E-state index in [1.54, 1.807) is 12.4 Å². The van der Waals surface area contributed by atoms with Gasteiger partial charge in [0.25, 0.3) is 0 Å². The highest BCUT2D eigenvalue weighted by atomic mass is 32.2. The zero-order chi connectivity index (χ0) is 15.9. The van der Waals surface area contributed by atoms with Crippen LogP contribution in [-0.4, -0.2) is 28.0 Å². The molecule has 0 bridgehead atoms. The summed E-state index contributed by atoms with van der Waals surface area (Å²) < 4.78 is 5.66. The number of nitrogens with one attached hydrogen (secondary N) is 1. The van der Waals surface area contributed by atoms with Crippen molar-refractivity contribution in [2.75, 3.05) is 5.75 Å². The lowest BCUT2D eigenvalue weighted by Crippen LogP contribution is -2.19.